The maximum absolute atomic E-state index is 12.8. The molecule has 3 heterocycles. The van der Waals surface area contributed by atoms with Crippen LogP contribution in [0.5, 0.6) is 0 Å². The van der Waals surface area contributed by atoms with Crippen molar-refractivity contribution < 1.29 is 4.39 Å². The number of rotatable bonds is 5. The standard InChI is InChI=1S/C20H24ClFN4/c1-11(2)17-15(21)9-14(20(23-5)25-17)18-12(3)8-16-19(24-18)13(4)10-26(16)7-6-22/h8-11H,6-7H2,1-5H3,(H,23,25). The molecule has 0 aliphatic rings. The number of nitrogens with one attached hydrogen (secondary N) is 1. The molecule has 0 bridgehead atoms. The van der Waals surface area contributed by atoms with Crippen LogP contribution in [0.15, 0.2) is 18.3 Å². The fourth-order valence-electron chi connectivity index (χ4n) is 3.30. The number of hydrogen-bond acceptors (Lipinski definition) is 3. The van der Waals surface area contributed by atoms with Crippen LogP contribution in [0.25, 0.3) is 22.3 Å². The molecule has 6 heteroatoms. The van der Waals surface area contributed by atoms with Gasteiger partial charge in [0.15, 0.2) is 0 Å². The molecule has 0 radical (unpaired) electrons. The van der Waals surface area contributed by atoms with E-state index in [1.54, 1.807) is 0 Å². The minimum atomic E-state index is -0.399. The molecule has 0 aliphatic carbocycles. The number of anilines is 1. The van der Waals surface area contributed by atoms with Crippen molar-refractivity contribution in [1.82, 2.24) is 14.5 Å². The Morgan fingerprint density at radius 3 is 2.54 bits per heavy atom. The van der Waals surface area contributed by atoms with Gasteiger partial charge in [-0.15, -0.1) is 0 Å². The molecule has 0 amide bonds. The molecule has 0 unspecified atom stereocenters. The van der Waals surface area contributed by atoms with Crippen molar-refractivity contribution >= 4 is 28.5 Å². The summed E-state index contributed by atoms with van der Waals surface area (Å²) in [6, 6.07) is 3.99. The highest BCUT2D eigenvalue weighted by molar-refractivity contribution is 6.31. The van der Waals surface area contributed by atoms with Crippen LogP contribution in [-0.2, 0) is 6.54 Å². The topological polar surface area (TPSA) is 42.7 Å². The molecule has 0 spiro atoms. The Labute approximate surface area is 158 Å². The third-order valence-corrected chi connectivity index (χ3v) is 4.90. The first-order valence-corrected chi connectivity index (χ1v) is 9.16. The third kappa shape index (κ3) is 3.16. The van der Waals surface area contributed by atoms with Gasteiger partial charge in [-0.25, -0.2) is 14.4 Å². The lowest BCUT2D eigenvalue weighted by Gasteiger charge is -2.15. The third-order valence-electron chi connectivity index (χ3n) is 4.59. The summed E-state index contributed by atoms with van der Waals surface area (Å²) < 4.78 is 14.8. The van der Waals surface area contributed by atoms with E-state index in [2.05, 4.69) is 25.2 Å². The largest absolute Gasteiger partial charge is 0.373 e. The van der Waals surface area contributed by atoms with Crippen molar-refractivity contribution in [3.8, 4) is 11.3 Å². The zero-order chi connectivity index (χ0) is 19.0. The molecule has 0 aliphatic heterocycles. The Morgan fingerprint density at radius 1 is 1.19 bits per heavy atom. The van der Waals surface area contributed by atoms with E-state index in [4.69, 9.17) is 21.6 Å². The molecule has 3 aromatic heterocycles. The van der Waals surface area contributed by atoms with Gasteiger partial charge in [-0.2, -0.15) is 0 Å². The Morgan fingerprint density at radius 2 is 1.92 bits per heavy atom. The minimum Gasteiger partial charge on any atom is -0.373 e. The van der Waals surface area contributed by atoms with Crippen molar-refractivity contribution in [3.63, 3.8) is 0 Å². The molecule has 0 aromatic carbocycles. The summed E-state index contributed by atoms with van der Waals surface area (Å²) in [5, 5.41) is 3.81. The molecule has 0 fully saturated rings. The van der Waals surface area contributed by atoms with E-state index in [1.807, 2.05) is 37.7 Å². The van der Waals surface area contributed by atoms with E-state index < -0.39 is 6.67 Å². The van der Waals surface area contributed by atoms with Gasteiger partial charge >= 0.3 is 0 Å². The maximum atomic E-state index is 12.8. The average Bonchev–Trinajstić information content (AvgIpc) is 2.89. The number of fused-ring (bicyclic) bond motifs is 1. The van der Waals surface area contributed by atoms with Crippen LogP contribution in [0.2, 0.25) is 5.02 Å². The lowest BCUT2D eigenvalue weighted by molar-refractivity contribution is 0.451. The second-order valence-corrected chi connectivity index (χ2v) is 7.28. The highest BCUT2D eigenvalue weighted by Gasteiger charge is 2.18. The molecule has 3 aromatic rings. The monoisotopic (exact) mass is 374 g/mol. The number of aromatic nitrogens is 3. The van der Waals surface area contributed by atoms with E-state index in [0.717, 1.165) is 44.9 Å². The highest BCUT2D eigenvalue weighted by atomic mass is 35.5. The molecule has 0 atom stereocenters. The molecule has 4 nitrogen and oxygen atoms in total. The SMILES string of the molecule is CNc1nc(C(C)C)c(Cl)cc1-c1nc2c(C)cn(CCF)c2cc1C. The zero-order valence-corrected chi connectivity index (χ0v) is 16.6. The van der Waals surface area contributed by atoms with Crippen LogP contribution in [0.1, 0.15) is 36.6 Å². The number of nitrogens with zero attached hydrogens (tertiary/aromatic N) is 3. The summed E-state index contributed by atoms with van der Waals surface area (Å²) in [5.41, 5.74) is 6.44. The molecule has 26 heavy (non-hydrogen) atoms. The van der Waals surface area contributed by atoms with Gasteiger partial charge in [-0.3, -0.25) is 0 Å². The van der Waals surface area contributed by atoms with Crippen molar-refractivity contribution in [1.29, 1.82) is 0 Å². The smallest absolute Gasteiger partial charge is 0.135 e. The molecule has 138 valence electrons. The van der Waals surface area contributed by atoms with Gasteiger partial charge in [0.25, 0.3) is 0 Å². The van der Waals surface area contributed by atoms with Crippen molar-refractivity contribution in [3.05, 3.63) is 40.2 Å². The fraction of sp³-hybridized carbons (Fsp3) is 0.400. The molecule has 0 saturated carbocycles. The first-order valence-electron chi connectivity index (χ1n) is 8.79. The molecule has 3 rings (SSSR count). The van der Waals surface area contributed by atoms with E-state index in [9.17, 15) is 4.39 Å². The molecule has 1 N–H and O–H groups in total. The van der Waals surface area contributed by atoms with Crippen LogP contribution in [0, 0.1) is 13.8 Å². The predicted octanol–water partition coefficient (Wildman–Crippen LogP) is 5.50. The van der Waals surface area contributed by atoms with E-state index in [-0.39, 0.29) is 5.92 Å². The van der Waals surface area contributed by atoms with E-state index in [1.165, 1.54) is 0 Å². The Kier molecular flexibility index (Phi) is 5.19. The average molecular weight is 375 g/mol. The van der Waals surface area contributed by atoms with Crippen molar-refractivity contribution in [2.75, 3.05) is 19.0 Å². The van der Waals surface area contributed by atoms with Gasteiger partial charge < -0.3 is 9.88 Å². The van der Waals surface area contributed by atoms with Crippen LogP contribution in [0.4, 0.5) is 10.2 Å². The molecular formula is C20H24ClFN4. The summed E-state index contributed by atoms with van der Waals surface area (Å²) in [5.74, 6) is 0.992. The minimum absolute atomic E-state index is 0.233. The number of halogens is 2. The van der Waals surface area contributed by atoms with Crippen molar-refractivity contribution in [2.45, 2.75) is 40.2 Å². The first kappa shape index (κ1) is 18.6. The quantitative estimate of drug-likeness (QED) is 0.640. The number of pyridine rings is 2. The summed E-state index contributed by atoms with van der Waals surface area (Å²) in [7, 11) is 1.85. The first-order chi connectivity index (χ1) is 12.4. The predicted molar refractivity (Wildman–Crippen MR) is 107 cm³/mol. The lowest BCUT2D eigenvalue weighted by Crippen LogP contribution is -2.04. The van der Waals surface area contributed by atoms with Gasteiger partial charge in [0.2, 0.25) is 0 Å². The fourth-order valence-corrected chi connectivity index (χ4v) is 3.67. The lowest BCUT2D eigenvalue weighted by atomic mass is 10.0. The van der Waals surface area contributed by atoms with Crippen LogP contribution in [-0.4, -0.2) is 28.3 Å². The second-order valence-electron chi connectivity index (χ2n) is 6.87. The summed E-state index contributed by atoms with van der Waals surface area (Å²) >= 11 is 6.49. The van der Waals surface area contributed by atoms with Crippen LogP contribution >= 0.6 is 11.6 Å². The van der Waals surface area contributed by atoms with Crippen molar-refractivity contribution in [2.24, 2.45) is 0 Å². The Bertz CT molecular complexity index is 962. The van der Waals surface area contributed by atoms with Gasteiger partial charge in [0.05, 0.1) is 34.0 Å². The second kappa shape index (κ2) is 7.23. The van der Waals surface area contributed by atoms with Crippen LogP contribution in [0.3, 0.4) is 0 Å². The Hall–Kier alpha value is -2.14. The highest BCUT2D eigenvalue weighted by Crippen LogP contribution is 2.35. The van der Waals surface area contributed by atoms with Gasteiger partial charge in [0, 0.05) is 18.8 Å². The van der Waals surface area contributed by atoms with Gasteiger partial charge in [0.1, 0.15) is 12.5 Å². The van der Waals surface area contributed by atoms with Crippen LogP contribution < -0.4 is 5.32 Å². The van der Waals surface area contributed by atoms with Gasteiger partial charge in [-0.05, 0) is 43.0 Å². The molecular weight excluding hydrogens is 351 g/mol. The number of alkyl halides is 1. The summed E-state index contributed by atoms with van der Waals surface area (Å²) in [6.07, 6.45) is 1.95. The summed E-state index contributed by atoms with van der Waals surface area (Å²) in [4.78, 5) is 9.60. The zero-order valence-electron chi connectivity index (χ0n) is 15.8. The molecule has 0 saturated heterocycles. The Balaban J connectivity index is 2.24. The maximum Gasteiger partial charge on any atom is 0.135 e. The number of hydrogen-bond donors (Lipinski definition) is 1. The number of aryl methyl sites for hydroxylation is 3. The normalized spacial score (nSPS) is 11.5. The van der Waals surface area contributed by atoms with E-state index in [0.29, 0.717) is 11.6 Å². The van der Waals surface area contributed by atoms with Gasteiger partial charge in [-0.1, -0.05) is 25.4 Å². The summed E-state index contributed by atoms with van der Waals surface area (Å²) in [6.45, 7) is 8.08. The van der Waals surface area contributed by atoms with E-state index >= 15 is 0 Å².